The topological polar surface area (TPSA) is 114 Å². The third-order valence-electron chi connectivity index (χ3n) is 3.90. The molecule has 11 heteroatoms. The van der Waals surface area contributed by atoms with Crippen molar-refractivity contribution in [2.75, 3.05) is 6.61 Å². The maximum atomic E-state index is 10.2. The van der Waals surface area contributed by atoms with Crippen molar-refractivity contribution in [3.8, 4) is 10.6 Å². The van der Waals surface area contributed by atoms with Crippen molar-refractivity contribution in [1.29, 1.82) is 0 Å². The Morgan fingerprint density at radius 3 is 2.60 bits per heavy atom. The van der Waals surface area contributed by atoms with Crippen LogP contribution in [0.3, 0.4) is 0 Å². The molecule has 25 heavy (non-hydrogen) atoms. The van der Waals surface area contributed by atoms with Crippen LogP contribution in [0.5, 0.6) is 0 Å². The first kappa shape index (κ1) is 20.0. The Bertz CT molecular complexity index is 831. The van der Waals surface area contributed by atoms with E-state index in [0.29, 0.717) is 16.9 Å². The summed E-state index contributed by atoms with van der Waals surface area (Å²) in [4.78, 5) is 13.8. The van der Waals surface area contributed by atoms with Crippen LogP contribution in [-0.2, 0) is 4.74 Å². The van der Waals surface area contributed by atoms with Gasteiger partial charge in [0, 0.05) is 0 Å². The summed E-state index contributed by atoms with van der Waals surface area (Å²) < 4.78 is 7.09. The molecule has 0 radical (unpaired) electrons. The summed E-state index contributed by atoms with van der Waals surface area (Å²) in [5.41, 5.74) is 1.79. The molecule has 3 aromatic rings. The number of hydrogen-bond donors (Lipinski definition) is 3. The van der Waals surface area contributed by atoms with E-state index in [0.717, 1.165) is 4.88 Å². The summed E-state index contributed by atoms with van der Waals surface area (Å²) in [5, 5.41) is 31.2. The van der Waals surface area contributed by atoms with Crippen LogP contribution in [0.4, 0.5) is 0 Å². The third-order valence-corrected chi connectivity index (χ3v) is 4.78. The van der Waals surface area contributed by atoms with E-state index >= 15 is 0 Å². The van der Waals surface area contributed by atoms with Gasteiger partial charge in [-0.1, -0.05) is 6.07 Å². The molecule has 1 aliphatic rings. The summed E-state index contributed by atoms with van der Waals surface area (Å²) in [5.74, 6) is 0. The fraction of sp³-hybridized carbons (Fsp3) is 0.357. The molecule has 0 saturated carbocycles. The zero-order valence-corrected chi connectivity index (χ0v) is 15.1. The molecular formula is C14H16Cl2N4O4S. The molecule has 1 fully saturated rings. The number of thiophene rings is 1. The Kier molecular flexibility index (Phi) is 6.33. The molecule has 136 valence electrons. The van der Waals surface area contributed by atoms with Crippen molar-refractivity contribution in [2.24, 2.45) is 0 Å². The smallest absolute Gasteiger partial charge is 0.166 e. The zero-order chi connectivity index (χ0) is 16.0. The molecule has 0 bridgehead atoms. The normalized spacial score (nSPS) is 25.6. The van der Waals surface area contributed by atoms with Crippen LogP contribution < -0.4 is 0 Å². The van der Waals surface area contributed by atoms with Gasteiger partial charge in [-0.05, 0) is 11.4 Å². The molecular weight excluding hydrogens is 391 g/mol. The Morgan fingerprint density at radius 1 is 1.16 bits per heavy atom. The second-order valence-electron chi connectivity index (χ2n) is 5.25. The fourth-order valence-corrected chi connectivity index (χ4v) is 3.46. The van der Waals surface area contributed by atoms with Gasteiger partial charge >= 0.3 is 0 Å². The number of fused-ring (bicyclic) bond motifs is 1. The van der Waals surface area contributed by atoms with Gasteiger partial charge in [0.2, 0.25) is 0 Å². The maximum absolute atomic E-state index is 10.2. The molecule has 8 nitrogen and oxygen atoms in total. The monoisotopic (exact) mass is 406 g/mol. The van der Waals surface area contributed by atoms with E-state index in [-0.39, 0.29) is 31.4 Å². The van der Waals surface area contributed by atoms with Crippen LogP contribution in [-0.4, -0.2) is 59.8 Å². The highest BCUT2D eigenvalue weighted by atomic mass is 35.5. The second-order valence-corrected chi connectivity index (χ2v) is 6.20. The predicted molar refractivity (Wildman–Crippen MR) is 96.1 cm³/mol. The first-order chi connectivity index (χ1) is 11.2. The minimum absolute atomic E-state index is 0. The number of halogens is 2. The van der Waals surface area contributed by atoms with Gasteiger partial charge in [0.1, 0.15) is 35.8 Å². The van der Waals surface area contributed by atoms with E-state index < -0.39 is 24.5 Å². The van der Waals surface area contributed by atoms with Crippen molar-refractivity contribution >= 4 is 47.3 Å². The number of aliphatic hydroxyl groups is 3. The SMILES string of the molecule is Cl.Cl.OC[C@H]1O[C@@H](n2cnc3c(-c4cccs4)ncnc32)[C@H](O)[C@@H]1O. The molecule has 3 aromatic heterocycles. The molecule has 0 unspecified atom stereocenters. The van der Waals surface area contributed by atoms with Crippen molar-refractivity contribution in [2.45, 2.75) is 24.5 Å². The van der Waals surface area contributed by atoms with E-state index in [2.05, 4.69) is 15.0 Å². The van der Waals surface area contributed by atoms with Gasteiger partial charge in [0.15, 0.2) is 11.9 Å². The Hall–Kier alpha value is -1.33. The van der Waals surface area contributed by atoms with Crippen LogP contribution in [0.1, 0.15) is 6.23 Å². The number of hydrogen-bond acceptors (Lipinski definition) is 8. The van der Waals surface area contributed by atoms with E-state index in [4.69, 9.17) is 4.74 Å². The summed E-state index contributed by atoms with van der Waals surface area (Å²) >= 11 is 1.54. The second kappa shape index (κ2) is 7.92. The van der Waals surface area contributed by atoms with Crippen LogP contribution in [0, 0.1) is 0 Å². The van der Waals surface area contributed by atoms with Crippen LogP contribution in [0.15, 0.2) is 30.2 Å². The average molecular weight is 407 g/mol. The highest BCUT2D eigenvalue weighted by molar-refractivity contribution is 7.13. The van der Waals surface area contributed by atoms with Crippen molar-refractivity contribution in [1.82, 2.24) is 19.5 Å². The number of aliphatic hydroxyl groups excluding tert-OH is 3. The van der Waals surface area contributed by atoms with Gasteiger partial charge in [-0.15, -0.1) is 36.2 Å². The minimum atomic E-state index is -1.18. The molecule has 4 atom stereocenters. The summed E-state index contributed by atoms with van der Waals surface area (Å²) in [6.45, 7) is -0.378. The molecule has 0 aromatic carbocycles. The van der Waals surface area contributed by atoms with Crippen molar-refractivity contribution < 1.29 is 20.1 Å². The Labute approximate surface area is 159 Å². The molecule has 4 rings (SSSR count). The summed E-state index contributed by atoms with van der Waals surface area (Å²) in [6.07, 6.45) is -1.12. The standard InChI is InChI=1S/C14H14N4O4S.2ClH/c19-4-7-11(20)12(21)14(22-7)18-6-17-10-9(8-2-1-3-23-8)15-5-16-13(10)18;;/h1-3,5-7,11-12,14,19-21H,4H2;2*1H/t7-,11-,12-,14-;;/m1../s1. The lowest BCUT2D eigenvalue weighted by atomic mass is 10.1. The number of nitrogens with zero attached hydrogens (tertiary/aromatic N) is 4. The number of ether oxygens (including phenoxy) is 1. The molecule has 0 aliphatic carbocycles. The van der Waals surface area contributed by atoms with Crippen molar-refractivity contribution in [3.05, 3.63) is 30.2 Å². The Morgan fingerprint density at radius 2 is 1.96 bits per heavy atom. The zero-order valence-electron chi connectivity index (χ0n) is 12.7. The number of aromatic nitrogens is 4. The lowest BCUT2D eigenvalue weighted by Gasteiger charge is -2.16. The largest absolute Gasteiger partial charge is 0.394 e. The lowest BCUT2D eigenvalue weighted by molar-refractivity contribution is -0.0511. The average Bonchev–Trinajstić information content (AvgIpc) is 3.28. The van der Waals surface area contributed by atoms with Crippen LogP contribution in [0.25, 0.3) is 21.7 Å². The fourth-order valence-electron chi connectivity index (χ4n) is 2.74. The van der Waals surface area contributed by atoms with Crippen LogP contribution >= 0.6 is 36.2 Å². The van der Waals surface area contributed by atoms with Crippen LogP contribution in [0.2, 0.25) is 0 Å². The van der Waals surface area contributed by atoms with Gasteiger partial charge in [-0.25, -0.2) is 15.0 Å². The molecule has 1 aliphatic heterocycles. The van der Waals surface area contributed by atoms with Gasteiger partial charge in [-0.2, -0.15) is 0 Å². The van der Waals surface area contributed by atoms with E-state index in [1.807, 2.05) is 17.5 Å². The van der Waals surface area contributed by atoms with Gasteiger partial charge in [-0.3, -0.25) is 4.57 Å². The first-order valence-electron chi connectivity index (χ1n) is 7.04. The quantitative estimate of drug-likeness (QED) is 0.594. The van der Waals surface area contributed by atoms with Gasteiger partial charge in [0.25, 0.3) is 0 Å². The van der Waals surface area contributed by atoms with Crippen molar-refractivity contribution in [3.63, 3.8) is 0 Å². The van der Waals surface area contributed by atoms with Gasteiger partial charge < -0.3 is 20.1 Å². The summed E-state index contributed by atoms with van der Waals surface area (Å²) in [6, 6.07) is 3.87. The van der Waals surface area contributed by atoms with E-state index in [1.165, 1.54) is 12.7 Å². The molecule has 0 amide bonds. The minimum Gasteiger partial charge on any atom is -0.394 e. The molecule has 4 heterocycles. The Balaban J connectivity index is 0.00000113. The first-order valence-corrected chi connectivity index (χ1v) is 7.92. The number of rotatable bonds is 3. The lowest BCUT2D eigenvalue weighted by Crippen LogP contribution is -2.33. The summed E-state index contributed by atoms with van der Waals surface area (Å²) in [7, 11) is 0. The molecule has 3 N–H and O–H groups in total. The molecule has 0 spiro atoms. The van der Waals surface area contributed by atoms with E-state index in [1.54, 1.807) is 15.9 Å². The highest BCUT2D eigenvalue weighted by Crippen LogP contribution is 2.33. The third kappa shape index (κ3) is 3.24. The van der Waals surface area contributed by atoms with Gasteiger partial charge in [0.05, 0.1) is 17.8 Å². The van der Waals surface area contributed by atoms with E-state index in [9.17, 15) is 15.3 Å². The number of imidazole rings is 1. The predicted octanol–water partition coefficient (Wildman–Crippen LogP) is 1.01. The molecule has 1 saturated heterocycles. The maximum Gasteiger partial charge on any atom is 0.166 e. The highest BCUT2D eigenvalue weighted by Gasteiger charge is 2.44.